The largest absolute Gasteiger partial charge is 0.305 e. The summed E-state index contributed by atoms with van der Waals surface area (Å²) in [5.74, 6) is -0.697. The fraction of sp³-hybridized carbons (Fsp3) is 0.407. The van der Waals surface area contributed by atoms with Crippen LogP contribution in [0.25, 0.3) is 0 Å². The highest BCUT2D eigenvalue weighted by molar-refractivity contribution is 6.23. The predicted molar refractivity (Wildman–Crippen MR) is 134 cm³/mol. The van der Waals surface area contributed by atoms with Gasteiger partial charge in [-0.1, -0.05) is 55.7 Å². The summed E-state index contributed by atoms with van der Waals surface area (Å²) in [6.45, 7) is 1.39. The molecule has 2 aliphatic rings. The summed E-state index contributed by atoms with van der Waals surface area (Å²) >= 11 is 0. The Morgan fingerprint density at radius 1 is 0.571 bits per heavy atom. The zero-order valence-electron chi connectivity index (χ0n) is 19.8. The van der Waals surface area contributed by atoms with Crippen molar-refractivity contribution in [2.75, 3.05) is 22.9 Å². The van der Waals surface area contributed by atoms with Gasteiger partial charge in [0.25, 0.3) is 11.8 Å². The lowest BCUT2D eigenvalue weighted by atomic mass is 10.1. The van der Waals surface area contributed by atoms with E-state index in [2.05, 4.69) is 10.6 Å². The van der Waals surface area contributed by atoms with Gasteiger partial charge in [0.05, 0.1) is 36.3 Å². The van der Waals surface area contributed by atoms with E-state index >= 15 is 0 Å². The van der Waals surface area contributed by atoms with Crippen LogP contribution in [0.4, 0.5) is 11.4 Å². The minimum atomic E-state index is -0.450. The molecular weight excluding hydrogens is 444 g/mol. The molecule has 2 aromatic carbocycles. The Kier molecular flexibility index (Phi) is 8.39. The maximum atomic E-state index is 12.6. The SMILES string of the molecule is O=C1C[C@H](NCCCCCCCN[C@H]2CC(=O)N(c3ccccc3)C2=O)C(=O)N1c1ccccc1. The lowest BCUT2D eigenvalue weighted by molar-refractivity contribution is -0.123. The lowest BCUT2D eigenvalue weighted by Crippen LogP contribution is -2.39. The first-order valence-electron chi connectivity index (χ1n) is 12.4. The van der Waals surface area contributed by atoms with Crippen LogP contribution in [0.3, 0.4) is 0 Å². The normalized spacial score (nSPS) is 20.3. The maximum absolute atomic E-state index is 12.6. The van der Waals surface area contributed by atoms with E-state index < -0.39 is 12.1 Å². The first-order valence-corrected chi connectivity index (χ1v) is 12.4. The van der Waals surface area contributed by atoms with Gasteiger partial charge in [-0.05, 0) is 50.2 Å². The molecule has 2 aromatic rings. The molecule has 0 unspecified atom stereocenters. The van der Waals surface area contributed by atoms with Crippen molar-refractivity contribution in [2.24, 2.45) is 0 Å². The number of nitrogens with zero attached hydrogens (tertiary/aromatic N) is 2. The summed E-state index contributed by atoms with van der Waals surface area (Å²) in [4.78, 5) is 52.3. The molecule has 0 saturated carbocycles. The van der Waals surface area contributed by atoms with Crippen molar-refractivity contribution in [3.8, 4) is 0 Å². The number of rotatable bonds is 12. The van der Waals surface area contributed by atoms with E-state index in [0.717, 1.165) is 32.1 Å². The third kappa shape index (κ3) is 6.01. The zero-order valence-corrected chi connectivity index (χ0v) is 19.8. The van der Waals surface area contributed by atoms with Crippen LogP contribution in [0, 0.1) is 0 Å². The standard InChI is InChI=1S/C27H32N4O4/c32-24-18-22(26(34)30(24)20-12-6-4-7-13-20)28-16-10-2-1-3-11-17-29-23-19-25(33)31(27(23)35)21-14-8-5-9-15-21/h4-9,12-15,22-23,28-29H,1-3,10-11,16-19H2/t22-,23-/m0/s1. The molecule has 0 bridgehead atoms. The highest BCUT2D eigenvalue weighted by Crippen LogP contribution is 2.23. The molecule has 2 atom stereocenters. The number of anilines is 2. The van der Waals surface area contributed by atoms with Crippen LogP contribution in [0.5, 0.6) is 0 Å². The van der Waals surface area contributed by atoms with Gasteiger partial charge in [0.1, 0.15) is 0 Å². The van der Waals surface area contributed by atoms with Gasteiger partial charge in [-0.3, -0.25) is 19.2 Å². The second kappa shape index (κ2) is 11.9. The third-order valence-corrected chi connectivity index (χ3v) is 6.46. The number of carbonyl (C=O) groups excluding carboxylic acids is 4. The third-order valence-electron chi connectivity index (χ3n) is 6.46. The second-order valence-electron chi connectivity index (χ2n) is 9.00. The van der Waals surface area contributed by atoms with Gasteiger partial charge in [-0.2, -0.15) is 0 Å². The Morgan fingerprint density at radius 2 is 0.943 bits per heavy atom. The van der Waals surface area contributed by atoms with E-state index in [1.165, 1.54) is 9.80 Å². The maximum Gasteiger partial charge on any atom is 0.251 e. The van der Waals surface area contributed by atoms with E-state index in [1.807, 2.05) is 36.4 Å². The van der Waals surface area contributed by atoms with E-state index in [0.29, 0.717) is 24.5 Å². The van der Waals surface area contributed by atoms with Gasteiger partial charge in [0.2, 0.25) is 11.8 Å². The Bertz CT molecular complexity index is 960. The highest BCUT2D eigenvalue weighted by atomic mass is 16.2. The molecule has 2 fully saturated rings. The molecule has 0 spiro atoms. The predicted octanol–water partition coefficient (Wildman–Crippen LogP) is 2.78. The van der Waals surface area contributed by atoms with Crippen molar-refractivity contribution < 1.29 is 19.2 Å². The molecule has 8 nitrogen and oxygen atoms in total. The van der Waals surface area contributed by atoms with Crippen LogP contribution in [0.2, 0.25) is 0 Å². The van der Waals surface area contributed by atoms with Crippen LogP contribution in [-0.4, -0.2) is 48.8 Å². The van der Waals surface area contributed by atoms with E-state index in [9.17, 15) is 19.2 Å². The molecule has 0 aliphatic carbocycles. The summed E-state index contributed by atoms with van der Waals surface area (Å²) < 4.78 is 0. The number of para-hydroxylation sites is 2. The molecule has 184 valence electrons. The highest BCUT2D eigenvalue weighted by Gasteiger charge is 2.39. The van der Waals surface area contributed by atoms with E-state index in [1.54, 1.807) is 24.3 Å². The van der Waals surface area contributed by atoms with Crippen molar-refractivity contribution in [2.45, 2.75) is 57.0 Å². The quantitative estimate of drug-likeness (QED) is 0.361. The summed E-state index contributed by atoms with van der Waals surface area (Å²) in [6.07, 6.45) is 5.34. The first kappa shape index (κ1) is 24.8. The van der Waals surface area contributed by atoms with Crippen molar-refractivity contribution in [1.82, 2.24) is 10.6 Å². The number of hydrogen-bond donors (Lipinski definition) is 2. The van der Waals surface area contributed by atoms with E-state index in [4.69, 9.17) is 0 Å². The van der Waals surface area contributed by atoms with Gasteiger partial charge in [0, 0.05) is 0 Å². The van der Waals surface area contributed by atoms with Gasteiger partial charge in [0.15, 0.2) is 0 Å². The molecule has 4 rings (SSSR count). The van der Waals surface area contributed by atoms with Crippen LogP contribution < -0.4 is 20.4 Å². The van der Waals surface area contributed by atoms with Crippen LogP contribution in [-0.2, 0) is 19.2 Å². The molecule has 35 heavy (non-hydrogen) atoms. The molecular formula is C27H32N4O4. The summed E-state index contributed by atoms with van der Waals surface area (Å²) in [5.41, 5.74) is 1.24. The van der Waals surface area contributed by atoms with Crippen molar-refractivity contribution in [3.05, 3.63) is 60.7 Å². The number of hydrogen-bond acceptors (Lipinski definition) is 6. The Morgan fingerprint density at radius 3 is 1.34 bits per heavy atom. The van der Waals surface area contributed by atoms with E-state index in [-0.39, 0.29) is 36.5 Å². The minimum Gasteiger partial charge on any atom is -0.305 e. The van der Waals surface area contributed by atoms with Gasteiger partial charge in [-0.25, -0.2) is 9.80 Å². The number of nitrogens with one attached hydrogen (secondary N) is 2. The van der Waals surface area contributed by atoms with Crippen molar-refractivity contribution in [1.29, 1.82) is 0 Å². The number of carbonyl (C=O) groups is 4. The minimum absolute atomic E-state index is 0.166. The summed E-state index contributed by atoms with van der Waals surface area (Å²) in [5, 5.41) is 6.46. The van der Waals surface area contributed by atoms with Gasteiger partial charge < -0.3 is 10.6 Å². The fourth-order valence-electron chi connectivity index (χ4n) is 4.61. The lowest BCUT2D eigenvalue weighted by Gasteiger charge is -2.15. The molecule has 2 heterocycles. The Hall–Kier alpha value is -3.36. The Balaban J connectivity index is 1.07. The summed E-state index contributed by atoms with van der Waals surface area (Å²) in [6, 6.07) is 17.2. The first-order chi connectivity index (χ1) is 17.1. The van der Waals surface area contributed by atoms with Gasteiger partial charge >= 0.3 is 0 Å². The molecule has 0 aromatic heterocycles. The van der Waals surface area contributed by atoms with Gasteiger partial charge in [-0.15, -0.1) is 0 Å². The van der Waals surface area contributed by atoms with Crippen molar-refractivity contribution in [3.63, 3.8) is 0 Å². The zero-order chi connectivity index (χ0) is 24.6. The number of unbranched alkanes of at least 4 members (excludes halogenated alkanes) is 4. The number of imide groups is 2. The molecule has 2 saturated heterocycles. The topological polar surface area (TPSA) is 98.8 Å². The van der Waals surface area contributed by atoms with Crippen LogP contribution >= 0.6 is 0 Å². The molecule has 4 amide bonds. The summed E-state index contributed by atoms with van der Waals surface area (Å²) in [7, 11) is 0. The average molecular weight is 477 g/mol. The number of amides is 4. The van der Waals surface area contributed by atoms with Crippen molar-refractivity contribution >= 4 is 35.0 Å². The van der Waals surface area contributed by atoms with Crippen LogP contribution in [0.1, 0.15) is 44.9 Å². The van der Waals surface area contributed by atoms with Crippen LogP contribution in [0.15, 0.2) is 60.7 Å². The smallest absolute Gasteiger partial charge is 0.251 e. The average Bonchev–Trinajstić information content (AvgIpc) is 3.32. The Labute approximate surface area is 205 Å². The number of benzene rings is 2. The molecule has 8 heteroatoms. The fourth-order valence-corrected chi connectivity index (χ4v) is 4.61. The molecule has 2 N–H and O–H groups in total. The second-order valence-corrected chi connectivity index (χ2v) is 9.00. The molecule has 0 radical (unpaired) electrons. The molecule has 2 aliphatic heterocycles. The monoisotopic (exact) mass is 476 g/mol.